The number of hydrogen-bond acceptors (Lipinski definition) is 2. The Bertz CT molecular complexity index is 645. The number of ether oxygens (including phenoxy) is 1. The highest BCUT2D eigenvalue weighted by atomic mass is 16.5. The molecule has 3 nitrogen and oxygen atoms in total. The van der Waals surface area contributed by atoms with Crippen LogP contribution in [0.5, 0.6) is 5.75 Å². The summed E-state index contributed by atoms with van der Waals surface area (Å²) >= 11 is 0. The molecule has 0 atom stereocenters. The Hall–Kier alpha value is -2.55. The molecule has 0 saturated heterocycles. The largest absolute Gasteiger partial charge is 0.497 e. The number of benzene rings is 2. The van der Waals surface area contributed by atoms with Crippen molar-refractivity contribution in [3.05, 3.63) is 71.3 Å². The summed E-state index contributed by atoms with van der Waals surface area (Å²) in [4.78, 5) is 11.8. The molecule has 0 aliphatic carbocycles. The molecule has 0 fully saturated rings. The lowest BCUT2D eigenvalue weighted by atomic mass is 10.1. The molecule has 0 spiro atoms. The summed E-state index contributed by atoms with van der Waals surface area (Å²) in [6.45, 7) is 2.65. The van der Waals surface area contributed by atoms with Crippen LogP contribution in [0.3, 0.4) is 0 Å². The van der Waals surface area contributed by atoms with Crippen LogP contribution in [0.25, 0.3) is 6.08 Å². The number of carbonyl (C=O) groups excluding carboxylic acids is 1. The quantitative estimate of drug-likeness (QED) is 0.830. The Morgan fingerprint density at radius 1 is 1.18 bits per heavy atom. The van der Waals surface area contributed by atoms with Gasteiger partial charge in [0.15, 0.2) is 0 Å². The Morgan fingerprint density at radius 2 is 1.95 bits per heavy atom. The zero-order chi connectivity index (χ0) is 15.8. The van der Waals surface area contributed by atoms with Gasteiger partial charge in [-0.25, -0.2) is 0 Å². The van der Waals surface area contributed by atoms with Crippen molar-refractivity contribution < 1.29 is 9.53 Å². The average molecular weight is 295 g/mol. The van der Waals surface area contributed by atoms with E-state index in [4.69, 9.17) is 4.74 Å². The molecule has 0 bridgehead atoms. The van der Waals surface area contributed by atoms with Crippen molar-refractivity contribution in [1.29, 1.82) is 0 Å². The number of carbonyl (C=O) groups is 1. The number of methoxy groups -OCH3 is 1. The molecule has 3 heteroatoms. The Kier molecular flexibility index (Phi) is 5.78. The molecule has 1 N–H and O–H groups in total. The summed E-state index contributed by atoms with van der Waals surface area (Å²) in [5, 5.41) is 2.89. The van der Waals surface area contributed by atoms with Crippen LogP contribution in [0.2, 0.25) is 0 Å². The van der Waals surface area contributed by atoms with Crippen molar-refractivity contribution in [3.8, 4) is 5.75 Å². The van der Waals surface area contributed by atoms with Crippen molar-refractivity contribution >= 4 is 12.0 Å². The topological polar surface area (TPSA) is 38.3 Å². The second kappa shape index (κ2) is 8.03. The lowest BCUT2D eigenvalue weighted by Gasteiger charge is -2.04. The normalized spacial score (nSPS) is 10.6. The van der Waals surface area contributed by atoms with Crippen LogP contribution in [0, 0.1) is 6.92 Å². The SMILES string of the molecule is COc1ccc(CCNC(=O)/C=C/c2cccc(C)c2)cc1. The standard InChI is InChI=1S/C19H21NO2/c1-15-4-3-5-17(14-15)8-11-19(21)20-13-12-16-6-9-18(22-2)10-7-16/h3-11,14H,12-13H2,1-2H3,(H,20,21)/b11-8+. The van der Waals surface area contributed by atoms with E-state index in [1.807, 2.05) is 61.5 Å². The maximum absolute atomic E-state index is 11.8. The third kappa shape index (κ3) is 5.09. The summed E-state index contributed by atoms with van der Waals surface area (Å²) < 4.78 is 5.12. The molecule has 0 aliphatic heterocycles. The number of aryl methyl sites for hydroxylation is 1. The Morgan fingerprint density at radius 3 is 2.64 bits per heavy atom. The van der Waals surface area contributed by atoms with Gasteiger partial charge in [-0.05, 0) is 42.7 Å². The van der Waals surface area contributed by atoms with Gasteiger partial charge in [-0.2, -0.15) is 0 Å². The lowest BCUT2D eigenvalue weighted by Crippen LogP contribution is -2.23. The Labute approximate surface area is 131 Å². The van der Waals surface area contributed by atoms with Crippen LogP contribution in [-0.2, 0) is 11.2 Å². The minimum absolute atomic E-state index is 0.0741. The van der Waals surface area contributed by atoms with Gasteiger partial charge in [0.25, 0.3) is 0 Å². The molecule has 2 aromatic rings. The second-order valence-corrected chi connectivity index (χ2v) is 5.14. The van der Waals surface area contributed by atoms with Gasteiger partial charge in [-0.15, -0.1) is 0 Å². The van der Waals surface area contributed by atoms with E-state index in [-0.39, 0.29) is 5.91 Å². The highest BCUT2D eigenvalue weighted by molar-refractivity contribution is 5.91. The van der Waals surface area contributed by atoms with Crippen LogP contribution in [0.1, 0.15) is 16.7 Å². The third-order valence-electron chi connectivity index (χ3n) is 3.34. The second-order valence-electron chi connectivity index (χ2n) is 5.14. The van der Waals surface area contributed by atoms with Crippen LogP contribution < -0.4 is 10.1 Å². The van der Waals surface area contributed by atoms with Gasteiger partial charge >= 0.3 is 0 Å². The average Bonchev–Trinajstić information content (AvgIpc) is 2.54. The number of amides is 1. The molecule has 0 heterocycles. The number of hydrogen-bond donors (Lipinski definition) is 1. The molecule has 0 aliphatic rings. The monoisotopic (exact) mass is 295 g/mol. The summed E-state index contributed by atoms with van der Waals surface area (Å²) in [7, 11) is 1.65. The van der Waals surface area contributed by atoms with E-state index in [2.05, 4.69) is 5.32 Å². The molecule has 2 rings (SSSR count). The minimum atomic E-state index is -0.0741. The lowest BCUT2D eigenvalue weighted by molar-refractivity contribution is -0.116. The van der Waals surface area contributed by atoms with Crippen LogP contribution >= 0.6 is 0 Å². The number of nitrogens with one attached hydrogen (secondary N) is 1. The van der Waals surface area contributed by atoms with Crippen molar-refractivity contribution in [2.45, 2.75) is 13.3 Å². The molecule has 1 amide bonds. The van der Waals surface area contributed by atoms with E-state index >= 15 is 0 Å². The summed E-state index contributed by atoms with van der Waals surface area (Å²) in [6.07, 6.45) is 4.20. The number of rotatable bonds is 6. The van der Waals surface area contributed by atoms with Crippen molar-refractivity contribution in [1.82, 2.24) is 5.32 Å². The Balaban J connectivity index is 1.77. The highest BCUT2D eigenvalue weighted by Gasteiger charge is 1.98. The molecule has 0 radical (unpaired) electrons. The van der Waals surface area contributed by atoms with Crippen molar-refractivity contribution in [2.24, 2.45) is 0 Å². The molecule has 0 saturated carbocycles. The van der Waals surface area contributed by atoms with Gasteiger partial charge in [0.05, 0.1) is 7.11 Å². The van der Waals surface area contributed by atoms with E-state index < -0.39 is 0 Å². The molecule has 114 valence electrons. The minimum Gasteiger partial charge on any atom is -0.497 e. The molecule has 2 aromatic carbocycles. The molecular weight excluding hydrogens is 274 g/mol. The summed E-state index contributed by atoms with van der Waals surface area (Å²) in [6, 6.07) is 15.9. The first kappa shape index (κ1) is 15.8. The first-order valence-corrected chi connectivity index (χ1v) is 7.33. The zero-order valence-corrected chi connectivity index (χ0v) is 13.0. The predicted molar refractivity (Wildman–Crippen MR) is 89.9 cm³/mol. The van der Waals surface area contributed by atoms with Crippen LogP contribution in [0.15, 0.2) is 54.6 Å². The molecule has 0 unspecified atom stereocenters. The molecular formula is C19H21NO2. The highest BCUT2D eigenvalue weighted by Crippen LogP contribution is 2.11. The van der Waals surface area contributed by atoms with E-state index in [1.165, 1.54) is 11.1 Å². The van der Waals surface area contributed by atoms with Gasteiger partial charge in [-0.3, -0.25) is 4.79 Å². The fourth-order valence-electron chi connectivity index (χ4n) is 2.13. The summed E-state index contributed by atoms with van der Waals surface area (Å²) in [5.74, 6) is 0.767. The van der Waals surface area contributed by atoms with E-state index in [1.54, 1.807) is 13.2 Å². The zero-order valence-electron chi connectivity index (χ0n) is 13.0. The van der Waals surface area contributed by atoms with Crippen molar-refractivity contribution in [3.63, 3.8) is 0 Å². The molecule has 0 aromatic heterocycles. The van der Waals surface area contributed by atoms with Gasteiger partial charge in [0.2, 0.25) is 5.91 Å². The fraction of sp³-hybridized carbons (Fsp3) is 0.211. The van der Waals surface area contributed by atoms with Crippen molar-refractivity contribution in [2.75, 3.05) is 13.7 Å². The molecule has 22 heavy (non-hydrogen) atoms. The fourth-order valence-corrected chi connectivity index (χ4v) is 2.13. The van der Waals surface area contributed by atoms with Gasteiger partial charge < -0.3 is 10.1 Å². The predicted octanol–water partition coefficient (Wildman–Crippen LogP) is 3.38. The van der Waals surface area contributed by atoms with Crippen LogP contribution in [0.4, 0.5) is 0 Å². The van der Waals surface area contributed by atoms with E-state index in [9.17, 15) is 4.79 Å². The smallest absolute Gasteiger partial charge is 0.244 e. The van der Waals surface area contributed by atoms with Gasteiger partial charge in [-0.1, -0.05) is 42.0 Å². The maximum atomic E-state index is 11.8. The maximum Gasteiger partial charge on any atom is 0.244 e. The van der Waals surface area contributed by atoms with Gasteiger partial charge in [0, 0.05) is 12.6 Å². The summed E-state index contributed by atoms with van der Waals surface area (Å²) in [5.41, 5.74) is 3.39. The van der Waals surface area contributed by atoms with E-state index in [0.29, 0.717) is 6.54 Å². The van der Waals surface area contributed by atoms with Crippen LogP contribution in [-0.4, -0.2) is 19.6 Å². The third-order valence-corrected chi connectivity index (χ3v) is 3.34. The van der Waals surface area contributed by atoms with E-state index in [0.717, 1.165) is 17.7 Å². The van der Waals surface area contributed by atoms with Gasteiger partial charge in [0.1, 0.15) is 5.75 Å². The first-order valence-electron chi connectivity index (χ1n) is 7.33. The first-order chi connectivity index (χ1) is 10.7.